The van der Waals surface area contributed by atoms with Crippen molar-refractivity contribution in [2.24, 2.45) is 0 Å². The van der Waals surface area contributed by atoms with Gasteiger partial charge >= 0.3 is 0 Å². The summed E-state index contributed by atoms with van der Waals surface area (Å²) in [5, 5.41) is 0. The van der Waals surface area contributed by atoms with E-state index in [1.165, 1.54) is 32.2 Å². The molecule has 0 saturated heterocycles. The molecule has 1 atom stereocenters. The predicted octanol–water partition coefficient (Wildman–Crippen LogP) is 2.86. The largest absolute Gasteiger partial charge is 0.496 e. The number of hydrogen-bond donors (Lipinski definition) is 0. The van der Waals surface area contributed by atoms with Crippen molar-refractivity contribution in [3.05, 3.63) is 29.6 Å². The van der Waals surface area contributed by atoms with Crippen molar-refractivity contribution in [3.8, 4) is 5.75 Å². The number of methoxy groups -OCH3 is 1. The van der Waals surface area contributed by atoms with Crippen molar-refractivity contribution in [3.63, 3.8) is 0 Å². The van der Waals surface area contributed by atoms with Crippen LogP contribution in [-0.4, -0.2) is 7.11 Å². The van der Waals surface area contributed by atoms with E-state index in [4.69, 9.17) is 4.74 Å². The minimum atomic E-state index is -1.35. The molecule has 1 unspecified atom stereocenters. The van der Waals surface area contributed by atoms with Gasteiger partial charge in [-0.05, 0) is 19.1 Å². The Balaban J connectivity index is 3.20. The lowest BCUT2D eigenvalue weighted by Crippen LogP contribution is -1.96. The molecule has 0 radical (unpaired) electrons. The molecule has 66 valence electrons. The molecule has 0 aliphatic heterocycles. The number of alkyl halides is 1. The molecule has 0 aliphatic rings. The maximum Gasteiger partial charge on any atom is 0.133 e. The number of benzene rings is 1. The van der Waals surface area contributed by atoms with Gasteiger partial charge in [0.05, 0.1) is 12.7 Å². The van der Waals surface area contributed by atoms with Crippen LogP contribution in [0.4, 0.5) is 8.78 Å². The molecule has 1 aromatic carbocycles. The maximum atomic E-state index is 13.0. The predicted molar refractivity (Wildman–Crippen MR) is 42.5 cm³/mol. The van der Waals surface area contributed by atoms with Crippen LogP contribution in [0.2, 0.25) is 0 Å². The van der Waals surface area contributed by atoms with E-state index < -0.39 is 12.0 Å². The molecule has 1 aromatic rings. The summed E-state index contributed by atoms with van der Waals surface area (Å²) >= 11 is 0. The van der Waals surface area contributed by atoms with Gasteiger partial charge in [-0.1, -0.05) is 6.07 Å². The van der Waals surface area contributed by atoms with Crippen LogP contribution < -0.4 is 4.74 Å². The molecule has 0 bridgehead atoms. The number of rotatable bonds is 2. The van der Waals surface area contributed by atoms with Crippen LogP contribution in [0.15, 0.2) is 18.2 Å². The van der Waals surface area contributed by atoms with Gasteiger partial charge in [-0.15, -0.1) is 0 Å². The zero-order valence-corrected chi connectivity index (χ0v) is 6.97. The lowest BCUT2D eigenvalue weighted by molar-refractivity contribution is 0.334. The first-order valence-corrected chi connectivity index (χ1v) is 3.63. The van der Waals surface area contributed by atoms with Crippen LogP contribution in [0.5, 0.6) is 5.75 Å². The molecular formula is C9H10F2O. The van der Waals surface area contributed by atoms with Gasteiger partial charge in [-0.25, -0.2) is 8.78 Å². The molecule has 0 fully saturated rings. The summed E-state index contributed by atoms with van der Waals surface area (Å²) in [5.41, 5.74) is -0.0139. The third kappa shape index (κ3) is 1.55. The van der Waals surface area contributed by atoms with Crippen LogP contribution >= 0.6 is 0 Å². The molecule has 0 amide bonds. The molecule has 12 heavy (non-hydrogen) atoms. The van der Waals surface area contributed by atoms with Crippen LogP contribution in [-0.2, 0) is 0 Å². The number of halogens is 2. The molecule has 1 nitrogen and oxygen atoms in total. The smallest absolute Gasteiger partial charge is 0.133 e. The fourth-order valence-corrected chi connectivity index (χ4v) is 1.08. The molecule has 0 heterocycles. The zero-order valence-electron chi connectivity index (χ0n) is 6.97. The maximum absolute atomic E-state index is 13.0. The Hall–Kier alpha value is -1.12. The lowest BCUT2D eigenvalue weighted by atomic mass is 10.1. The van der Waals surface area contributed by atoms with Gasteiger partial charge in [0.2, 0.25) is 0 Å². The molecule has 0 saturated carbocycles. The summed E-state index contributed by atoms with van der Waals surface area (Å²) in [5.74, 6) is -0.311. The van der Waals surface area contributed by atoms with Crippen molar-refractivity contribution >= 4 is 0 Å². The summed E-state index contributed by atoms with van der Waals surface area (Å²) in [6, 6.07) is 4.24. The average Bonchev–Trinajstić information content (AvgIpc) is 2.03. The van der Waals surface area contributed by atoms with E-state index in [1.54, 1.807) is 0 Å². The number of ether oxygens (including phenoxy) is 1. The van der Waals surface area contributed by atoms with Gasteiger partial charge in [-0.2, -0.15) is 0 Å². The molecule has 0 aromatic heterocycles. The van der Waals surface area contributed by atoms with E-state index in [-0.39, 0.29) is 11.3 Å². The number of hydrogen-bond acceptors (Lipinski definition) is 1. The Morgan fingerprint density at radius 3 is 2.50 bits per heavy atom. The van der Waals surface area contributed by atoms with Crippen molar-refractivity contribution in [2.45, 2.75) is 13.1 Å². The van der Waals surface area contributed by atoms with Crippen LogP contribution in [0.1, 0.15) is 18.7 Å². The molecular weight excluding hydrogens is 162 g/mol. The molecule has 0 aliphatic carbocycles. The van der Waals surface area contributed by atoms with Crippen LogP contribution in [0.3, 0.4) is 0 Å². The molecule has 3 heteroatoms. The quantitative estimate of drug-likeness (QED) is 0.666. The normalized spacial score (nSPS) is 12.7. The monoisotopic (exact) mass is 172 g/mol. The second-order valence-electron chi connectivity index (χ2n) is 2.47. The fourth-order valence-electron chi connectivity index (χ4n) is 1.08. The van der Waals surface area contributed by atoms with Gasteiger partial charge in [0.15, 0.2) is 0 Å². The second-order valence-corrected chi connectivity index (χ2v) is 2.47. The molecule has 0 N–H and O–H groups in total. The minimum Gasteiger partial charge on any atom is -0.496 e. The summed E-state index contributed by atoms with van der Waals surface area (Å²) in [7, 11) is 1.39. The highest BCUT2D eigenvalue weighted by molar-refractivity contribution is 5.35. The fraction of sp³-hybridized carbons (Fsp3) is 0.333. The molecule has 1 rings (SSSR count). The summed E-state index contributed by atoms with van der Waals surface area (Å²) in [4.78, 5) is 0. The van der Waals surface area contributed by atoms with Crippen molar-refractivity contribution in [2.75, 3.05) is 7.11 Å². The molecule has 0 spiro atoms. The summed E-state index contributed by atoms with van der Waals surface area (Å²) in [6.07, 6.45) is -1.35. The third-order valence-corrected chi connectivity index (χ3v) is 1.63. The van der Waals surface area contributed by atoms with Crippen LogP contribution in [0.25, 0.3) is 0 Å². The van der Waals surface area contributed by atoms with Crippen molar-refractivity contribution < 1.29 is 13.5 Å². The highest BCUT2D eigenvalue weighted by Gasteiger charge is 2.14. The van der Waals surface area contributed by atoms with Crippen LogP contribution in [0, 0.1) is 5.82 Å². The first-order valence-electron chi connectivity index (χ1n) is 3.63. The Labute approximate surface area is 70.0 Å². The highest BCUT2D eigenvalue weighted by Crippen LogP contribution is 2.29. The van der Waals surface area contributed by atoms with Gasteiger partial charge < -0.3 is 4.74 Å². The Morgan fingerprint density at radius 2 is 2.08 bits per heavy atom. The van der Waals surface area contributed by atoms with E-state index >= 15 is 0 Å². The van der Waals surface area contributed by atoms with Gasteiger partial charge in [0.25, 0.3) is 0 Å². The van der Waals surface area contributed by atoms with Crippen molar-refractivity contribution in [1.29, 1.82) is 0 Å². The second kappa shape index (κ2) is 3.52. The van der Waals surface area contributed by atoms with Gasteiger partial charge in [0.1, 0.15) is 17.7 Å². The SMILES string of the molecule is COc1cccc(F)c1C(C)F. The van der Waals surface area contributed by atoms with Crippen molar-refractivity contribution in [1.82, 2.24) is 0 Å². The summed E-state index contributed by atoms with van der Waals surface area (Å²) < 4.78 is 30.6. The Morgan fingerprint density at radius 1 is 1.42 bits per heavy atom. The Bertz CT molecular complexity index is 271. The van der Waals surface area contributed by atoms with E-state index in [2.05, 4.69) is 0 Å². The first kappa shape index (κ1) is 8.97. The summed E-state index contributed by atoms with van der Waals surface area (Å²) in [6.45, 7) is 1.28. The van der Waals surface area contributed by atoms with E-state index in [9.17, 15) is 8.78 Å². The van der Waals surface area contributed by atoms with E-state index in [0.717, 1.165) is 0 Å². The highest BCUT2D eigenvalue weighted by atomic mass is 19.1. The van der Waals surface area contributed by atoms with E-state index in [1.807, 2.05) is 0 Å². The Kier molecular flexibility index (Phi) is 2.63. The standard InChI is InChI=1S/C9H10F2O/c1-6(10)9-7(11)4-3-5-8(9)12-2/h3-6H,1-2H3. The van der Waals surface area contributed by atoms with Gasteiger partial charge in [-0.3, -0.25) is 0 Å². The third-order valence-electron chi connectivity index (χ3n) is 1.63. The van der Waals surface area contributed by atoms with E-state index in [0.29, 0.717) is 0 Å². The minimum absolute atomic E-state index is 0.0139. The van der Waals surface area contributed by atoms with Gasteiger partial charge in [0, 0.05) is 0 Å². The average molecular weight is 172 g/mol. The zero-order chi connectivity index (χ0) is 9.14. The lowest BCUT2D eigenvalue weighted by Gasteiger charge is -2.09. The first-order chi connectivity index (χ1) is 5.66. The topological polar surface area (TPSA) is 9.23 Å².